The van der Waals surface area contributed by atoms with Gasteiger partial charge in [-0.2, -0.15) is 5.26 Å². The van der Waals surface area contributed by atoms with E-state index in [0.29, 0.717) is 16.9 Å². The van der Waals surface area contributed by atoms with Gasteiger partial charge in [0.25, 0.3) is 0 Å². The molecule has 0 saturated heterocycles. The third-order valence-corrected chi connectivity index (χ3v) is 2.04. The van der Waals surface area contributed by atoms with Gasteiger partial charge in [-0.05, 0) is 36.3 Å². The molecule has 0 radical (unpaired) electrons. The van der Waals surface area contributed by atoms with E-state index in [9.17, 15) is 4.79 Å². The molecule has 1 rings (SSSR count). The van der Waals surface area contributed by atoms with E-state index >= 15 is 0 Å². The van der Waals surface area contributed by atoms with Gasteiger partial charge < -0.3 is 9.84 Å². The minimum atomic E-state index is -1.02. The molecule has 4 nitrogen and oxygen atoms in total. The highest BCUT2D eigenvalue weighted by Crippen LogP contribution is 2.24. The van der Waals surface area contributed by atoms with Crippen molar-refractivity contribution in [3.8, 4) is 11.8 Å². The Morgan fingerprint density at radius 1 is 1.56 bits per heavy atom. The van der Waals surface area contributed by atoms with Crippen LogP contribution in [0.15, 0.2) is 18.2 Å². The first kappa shape index (κ1) is 11.8. The lowest BCUT2D eigenvalue weighted by Gasteiger charge is -2.07. The first-order valence-electron chi connectivity index (χ1n) is 4.58. The van der Waals surface area contributed by atoms with Crippen molar-refractivity contribution in [2.45, 2.75) is 6.92 Å². The second kappa shape index (κ2) is 4.99. The summed E-state index contributed by atoms with van der Waals surface area (Å²) in [6.45, 7) is 1.80. The van der Waals surface area contributed by atoms with Crippen molar-refractivity contribution in [3.63, 3.8) is 0 Å². The Labute approximate surface area is 93.4 Å². The van der Waals surface area contributed by atoms with Gasteiger partial charge >= 0.3 is 5.97 Å². The Bertz CT molecular complexity index is 484. The van der Waals surface area contributed by atoms with Crippen molar-refractivity contribution in [2.24, 2.45) is 0 Å². The Kier molecular flexibility index (Phi) is 3.67. The lowest BCUT2D eigenvalue weighted by molar-refractivity contribution is -0.131. The monoisotopic (exact) mass is 217 g/mol. The van der Waals surface area contributed by atoms with Crippen LogP contribution in [0, 0.1) is 18.3 Å². The molecule has 0 aliphatic rings. The minimum Gasteiger partial charge on any atom is -0.495 e. The molecule has 1 aromatic rings. The number of rotatable bonds is 3. The fourth-order valence-electron chi connectivity index (χ4n) is 1.42. The van der Waals surface area contributed by atoms with Crippen molar-refractivity contribution in [3.05, 3.63) is 34.9 Å². The second-order valence-electron chi connectivity index (χ2n) is 3.20. The average molecular weight is 217 g/mol. The third-order valence-electron chi connectivity index (χ3n) is 2.04. The van der Waals surface area contributed by atoms with Crippen LogP contribution in [0.3, 0.4) is 0 Å². The first-order chi connectivity index (χ1) is 7.58. The highest BCUT2D eigenvalue weighted by atomic mass is 16.5. The van der Waals surface area contributed by atoms with E-state index in [1.54, 1.807) is 19.1 Å². The predicted octanol–water partition coefficient (Wildman–Crippen LogP) is 1.97. The zero-order chi connectivity index (χ0) is 12.1. The molecule has 0 fully saturated rings. The molecule has 16 heavy (non-hydrogen) atoms. The summed E-state index contributed by atoms with van der Waals surface area (Å²) in [6, 6.07) is 5.36. The third kappa shape index (κ3) is 2.61. The average Bonchev–Trinajstić information content (AvgIpc) is 2.25. The summed E-state index contributed by atoms with van der Waals surface area (Å²) in [6.07, 6.45) is 2.47. The summed E-state index contributed by atoms with van der Waals surface area (Å²) >= 11 is 0. The number of benzene rings is 1. The van der Waals surface area contributed by atoms with E-state index in [0.717, 1.165) is 11.6 Å². The highest BCUT2D eigenvalue weighted by Gasteiger charge is 2.07. The van der Waals surface area contributed by atoms with E-state index in [1.807, 2.05) is 6.07 Å². The maximum Gasteiger partial charge on any atom is 0.328 e. The fraction of sp³-hybridized carbons (Fsp3) is 0.167. The van der Waals surface area contributed by atoms with Crippen molar-refractivity contribution < 1.29 is 14.6 Å². The summed E-state index contributed by atoms with van der Waals surface area (Å²) in [4.78, 5) is 10.4. The molecule has 0 bridgehead atoms. The van der Waals surface area contributed by atoms with Crippen molar-refractivity contribution in [1.82, 2.24) is 0 Å². The van der Waals surface area contributed by atoms with Crippen LogP contribution in [0.5, 0.6) is 5.75 Å². The molecular formula is C12H11NO3. The molecule has 0 atom stereocenters. The summed E-state index contributed by atoms with van der Waals surface area (Å²) in [7, 11) is 1.50. The highest BCUT2D eigenvalue weighted by molar-refractivity contribution is 5.85. The van der Waals surface area contributed by atoms with Crippen LogP contribution in [0.2, 0.25) is 0 Å². The Morgan fingerprint density at radius 3 is 2.75 bits per heavy atom. The van der Waals surface area contributed by atoms with Gasteiger partial charge in [0, 0.05) is 6.08 Å². The number of hydrogen-bond donors (Lipinski definition) is 1. The van der Waals surface area contributed by atoms with Crippen molar-refractivity contribution in [2.75, 3.05) is 7.11 Å². The predicted molar refractivity (Wildman–Crippen MR) is 59.1 cm³/mol. The topological polar surface area (TPSA) is 70.3 Å². The normalized spacial score (nSPS) is 10.1. The number of aryl methyl sites for hydroxylation is 1. The van der Waals surface area contributed by atoms with Crippen LogP contribution < -0.4 is 4.74 Å². The number of hydrogen-bond acceptors (Lipinski definition) is 3. The number of carboxylic acids is 1. The number of carboxylic acid groups (broad SMARTS) is 1. The molecule has 0 spiro atoms. The maximum absolute atomic E-state index is 10.4. The largest absolute Gasteiger partial charge is 0.495 e. The molecular weight excluding hydrogens is 206 g/mol. The molecule has 4 heteroatoms. The molecule has 1 aromatic carbocycles. The fourth-order valence-corrected chi connectivity index (χ4v) is 1.42. The van der Waals surface area contributed by atoms with Crippen molar-refractivity contribution >= 4 is 12.0 Å². The minimum absolute atomic E-state index is 0.396. The SMILES string of the molecule is COc1c(C)cc(/C=C/C(=O)O)cc1C#N. The lowest BCUT2D eigenvalue weighted by atomic mass is 10.1. The van der Waals surface area contributed by atoms with Gasteiger partial charge in [-0.1, -0.05) is 0 Å². The molecule has 0 aliphatic carbocycles. The molecule has 0 unspecified atom stereocenters. The molecule has 0 aliphatic heterocycles. The molecule has 0 amide bonds. The standard InChI is InChI=1S/C12H11NO3/c1-8-5-9(3-4-11(14)15)6-10(7-13)12(8)16-2/h3-6H,1-2H3,(H,14,15)/b4-3+. The first-order valence-corrected chi connectivity index (χ1v) is 4.58. The maximum atomic E-state index is 10.4. The van der Waals surface area contributed by atoms with Crippen LogP contribution in [-0.4, -0.2) is 18.2 Å². The van der Waals surface area contributed by atoms with Crippen molar-refractivity contribution in [1.29, 1.82) is 5.26 Å². The van der Waals surface area contributed by atoms with Gasteiger partial charge in [-0.15, -0.1) is 0 Å². The molecule has 1 N–H and O–H groups in total. The number of ether oxygens (including phenoxy) is 1. The smallest absolute Gasteiger partial charge is 0.328 e. The number of carbonyl (C=O) groups is 1. The Morgan fingerprint density at radius 2 is 2.25 bits per heavy atom. The van der Waals surface area contributed by atoms with E-state index in [-0.39, 0.29) is 0 Å². The summed E-state index contributed by atoms with van der Waals surface area (Å²) < 4.78 is 5.08. The van der Waals surface area contributed by atoms with Crippen LogP contribution in [0.25, 0.3) is 6.08 Å². The number of nitriles is 1. The van der Waals surface area contributed by atoms with E-state index < -0.39 is 5.97 Å². The summed E-state index contributed by atoms with van der Waals surface area (Å²) in [5.41, 5.74) is 1.86. The Balaban J connectivity index is 3.22. The molecule has 82 valence electrons. The van der Waals surface area contributed by atoms with Crippen LogP contribution in [0.4, 0.5) is 0 Å². The quantitative estimate of drug-likeness (QED) is 0.786. The van der Waals surface area contributed by atoms with Gasteiger partial charge in [0.2, 0.25) is 0 Å². The van der Waals surface area contributed by atoms with E-state index in [1.165, 1.54) is 13.2 Å². The zero-order valence-electron chi connectivity index (χ0n) is 9.02. The second-order valence-corrected chi connectivity index (χ2v) is 3.20. The van der Waals surface area contributed by atoms with Gasteiger partial charge in [0.15, 0.2) is 0 Å². The van der Waals surface area contributed by atoms with Crippen LogP contribution >= 0.6 is 0 Å². The van der Waals surface area contributed by atoms with Gasteiger partial charge in [-0.3, -0.25) is 0 Å². The molecule has 0 aromatic heterocycles. The van der Waals surface area contributed by atoms with Crippen LogP contribution in [-0.2, 0) is 4.79 Å². The summed E-state index contributed by atoms with van der Waals surface area (Å²) in [5, 5.41) is 17.4. The van der Waals surface area contributed by atoms with E-state index in [4.69, 9.17) is 15.1 Å². The Hall–Kier alpha value is -2.28. The van der Waals surface area contributed by atoms with Gasteiger partial charge in [0.05, 0.1) is 12.7 Å². The van der Waals surface area contributed by atoms with E-state index in [2.05, 4.69) is 0 Å². The van der Waals surface area contributed by atoms with Gasteiger partial charge in [0.1, 0.15) is 11.8 Å². The number of aliphatic carboxylic acids is 1. The van der Waals surface area contributed by atoms with Gasteiger partial charge in [-0.25, -0.2) is 4.79 Å². The number of methoxy groups -OCH3 is 1. The summed E-state index contributed by atoms with van der Waals surface area (Å²) in [5.74, 6) is -0.498. The lowest BCUT2D eigenvalue weighted by Crippen LogP contribution is -1.93. The zero-order valence-corrected chi connectivity index (χ0v) is 9.02. The number of nitrogens with zero attached hydrogens (tertiary/aromatic N) is 1. The molecule has 0 heterocycles. The molecule has 0 saturated carbocycles. The van der Waals surface area contributed by atoms with Crippen LogP contribution in [0.1, 0.15) is 16.7 Å².